The van der Waals surface area contributed by atoms with Gasteiger partial charge in [0.05, 0.1) is 24.4 Å². The lowest BCUT2D eigenvalue weighted by Crippen LogP contribution is -2.57. The number of hydrogen-bond donors (Lipinski definition) is 1. The number of aromatic nitrogens is 5. The lowest BCUT2D eigenvalue weighted by Gasteiger charge is -2.43. The van der Waals surface area contributed by atoms with Gasteiger partial charge in [-0.15, -0.1) is 0 Å². The first kappa shape index (κ1) is 23.4. The molecule has 1 unspecified atom stereocenters. The van der Waals surface area contributed by atoms with E-state index in [2.05, 4.69) is 45.7 Å². The average Bonchev–Trinajstić information content (AvgIpc) is 3.52. The zero-order valence-electron chi connectivity index (χ0n) is 21.8. The minimum Gasteiger partial charge on any atom is -0.378 e. The molecule has 8 rings (SSSR count). The largest absolute Gasteiger partial charge is 0.378 e. The monoisotopic (exact) mass is 526 g/mol. The van der Waals surface area contributed by atoms with Gasteiger partial charge in [-0.1, -0.05) is 6.07 Å². The molecular weight excluding hydrogens is 495 g/mol. The highest BCUT2D eigenvalue weighted by Crippen LogP contribution is 2.53. The lowest BCUT2D eigenvalue weighted by atomic mass is 10.1. The number of nitrogens with one attached hydrogen (secondary N) is 1. The van der Waals surface area contributed by atoms with Gasteiger partial charge in [-0.3, -0.25) is 9.80 Å². The molecule has 3 aliphatic heterocycles. The predicted molar refractivity (Wildman–Crippen MR) is 145 cm³/mol. The molecular formula is C29H31FN8O. The van der Waals surface area contributed by atoms with E-state index in [1.807, 2.05) is 24.4 Å². The van der Waals surface area contributed by atoms with Crippen LogP contribution in [0.15, 0.2) is 42.7 Å². The molecule has 1 N–H and O–H groups in total. The number of benzene rings is 1. The van der Waals surface area contributed by atoms with E-state index in [0.717, 1.165) is 88.5 Å². The smallest absolute Gasteiger partial charge is 0.228 e. The van der Waals surface area contributed by atoms with Gasteiger partial charge in [0.2, 0.25) is 5.95 Å². The molecule has 3 fully saturated rings. The van der Waals surface area contributed by atoms with Gasteiger partial charge < -0.3 is 14.6 Å². The van der Waals surface area contributed by atoms with Crippen LogP contribution in [0.3, 0.4) is 0 Å². The highest BCUT2D eigenvalue weighted by atomic mass is 19.1. The fourth-order valence-electron chi connectivity index (χ4n) is 6.60. The zero-order valence-corrected chi connectivity index (χ0v) is 21.8. The summed E-state index contributed by atoms with van der Waals surface area (Å²) in [5, 5.41) is 3.21. The molecule has 1 aliphatic carbocycles. The number of halogens is 1. The summed E-state index contributed by atoms with van der Waals surface area (Å²) in [6.07, 6.45) is 7.93. The standard InChI is InChI=1S/C29H31FN8O/c30-22-13-20(14-24-27(22)35-26-3-5-29(6-7-29)38(24)26)23-4-8-31-28(33-23)34-25-2-1-19(15-32-25)16-36-9-10-37-11-12-39-18-21(37)17-36/h1-2,4,8,13-15,21H,3,5-7,9-12,16-18H2,(H,31,32,33,34). The maximum absolute atomic E-state index is 15.1. The summed E-state index contributed by atoms with van der Waals surface area (Å²) in [6.45, 7) is 6.76. The molecule has 1 aromatic carbocycles. The number of imidazole rings is 1. The molecule has 0 bridgehead atoms. The van der Waals surface area contributed by atoms with Crippen molar-refractivity contribution in [2.45, 2.75) is 43.8 Å². The van der Waals surface area contributed by atoms with Crippen molar-refractivity contribution in [3.8, 4) is 11.3 Å². The molecule has 39 heavy (non-hydrogen) atoms. The van der Waals surface area contributed by atoms with E-state index in [4.69, 9.17) is 4.74 Å². The third-order valence-electron chi connectivity index (χ3n) is 8.84. The number of anilines is 2. The van der Waals surface area contributed by atoms with Crippen molar-refractivity contribution in [2.75, 3.05) is 44.7 Å². The molecule has 9 nitrogen and oxygen atoms in total. The number of morpholine rings is 1. The van der Waals surface area contributed by atoms with Crippen LogP contribution in [0, 0.1) is 5.82 Å². The van der Waals surface area contributed by atoms with Crippen molar-refractivity contribution in [3.05, 3.63) is 59.9 Å². The summed E-state index contributed by atoms with van der Waals surface area (Å²) in [5.74, 6) is 1.80. The summed E-state index contributed by atoms with van der Waals surface area (Å²) < 4.78 is 23.1. The van der Waals surface area contributed by atoms with Crippen molar-refractivity contribution < 1.29 is 9.13 Å². The second-order valence-electron chi connectivity index (χ2n) is 11.4. The second-order valence-corrected chi connectivity index (χ2v) is 11.4. The summed E-state index contributed by atoms with van der Waals surface area (Å²) >= 11 is 0. The maximum Gasteiger partial charge on any atom is 0.228 e. The van der Waals surface area contributed by atoms with E-state index >= 15 is 4.39 Å². The number of aryl methyl sites for hydroxylation is 1. The van der Waals surface area contributed by atoms with E-state index in [0.29, 0.717) is 29.0 Å². The van der Waals surface area contributed by atoms with Crippen LogP contribution in [-0.2, 0) is 23.2 Å². The van der Waals surface area contributed by atoms with Gasteiger partial charge >= 0.3 is 0 Å². The van der Waals surface area contributed by atoms with Gasteiger partial charge in [-0.2, -0.15) is 0 Å². The number of hydrogen-bond acceptors (Lipinski definition) is 8. The van der Waals surface area contributed by atoms with Crippen LogP contribution in [-0.4, -0.2) is 79.7 Å². The molecule has 0 radical (unpaired) electrons. The Hall–Kier alpha value is -3.47. The second kappa shape index (κ2) is 9.04. The highest BCUT2D eigenvalue weighted by molar-refractivity contribution is 5.83. The maximum atomic E-state index is 15.1. The van der Waals surface area contributed by atoms with Crippen molar-refractivity contribution in [1.82, 2.24) is 34.3 Å². The van der Waals surface area contributed by atoms with Crippen molar-refractivity contribution in [3.63, 3.8) is 0 Å². The Kier molecular flexibility index (Phi) is 5.43. The van der Waals surface area contributed by atoms with Crippen molar-refractivity contribution in [1.29, 1.82) is 0 Å². The lowest BCUT2D eigenvalue weighted by molar-refractivity contribution is -0.0461. The molecule has 10 heteroatoms. The van der Waals surface area contributed by atoms with E-state index in [-0.39, 0.29) is 11.4 Å². The highest BCUT2D eigenvalue weighted by Gasteiger charge is 2.50. The van der Waals surface area contributed by atoms with Gasteiger partial charge in [0.1, 0.15) is 17.2 Å². The van der Waals surface area contributed by atoms with Crippen molar-refractivity contribution >= 4 is 22.8 Å². The Morgan fingerprint density at radius 2 is 2.00 bits per heavy atom. The fourth-order valence-corrected chi connectivity index (χ4v) is 6.60. The third kappa shape index (κ3) is 4.18. The molecule has 6 heterocycles. The van der Waals surface area contributed by atoms with Gasteiger partial charge in [-0.05, 0) is 49.1 Å². The number of rotatable bonds is 5. The van der Waals surface area contributed by atoms with Gasteiger partial charge in [0, 0.05) is 68.7 Å². The topological polar surface area (TPSA) is 84.2 Å². The van der Waals surface area contributed by atoms with Crippen LogP contribution in [0.2, 0.25) is 0 Å². The summed E-state index contributed by atoms with van der Waals surface area (Å²) in [4.78, 5) is 23.3. The average molecular weight is 527 g/mol. The molecule has 1 spiro atoms. The first-order chi connectivity index (χ1) is 19.1. The Bertz CT molecular complexity index is 1550. The van der Waals surface area contributed by atoms with Crippen LogP contribution in [0.1, 0.15) is 30.7 Å². The molecule has 0 amide bonds. The Balaban J connectivity index is 0.986. The number of nitrogens with zero attached hydrogens (tertiary/aromatic N) is 7. The van der Waals surface area contributed by atoms with E-state index in [9.17, 15) is 0 Å². The van der Waals surface area contributed by atoms with Crippen LogP contribution < -0.4 is 5.32 Å². The van der Waals surface area contributed by atoms with Gasteiger partial charge in [-0.25, -0.2) is 24.3 Å². The van der Waals surface area contributed by atoms with E-state index in [1.54, 1.807) is 6.20 Å². The van der Waals surface area contributed by atoms with E-state index in [1.165, 1.54) is 11.6 Å². The minimum atomic E-state index is -0.303. The molecule has 3 aromatic heterocycles. The van der Waals surface area contributed by atoms with Crippen molar-refractivity contribution in [2.24, 2.45) is 0 Å². The summed E-state index contributed by atoms with van der Waals surface area (Å²) in [5.41, 5.74) is 4.05. The molecule has 1 saturated carbocycles. The molecule has 4 aliphatic rings. The number of piperazine rings is 1. The zero-order chi connectivity index (χ0) is 26.0. The van der Waals surface area contributed by atoms with E-state index < -0.39 is 0 Å². The SMILES string of the molecule is Fc1cc(-c2ccnc(Nc3ccc(CN4CCN5CCOCC5C4)cn3)n2)cc2c1nc1n2C2(CC1)CC2. The molecule has 2 saturated heterocycles. The summed E-state index contributed by atoms with van der Waals surface area (Å²) in [6, 6.07) is 9.92. The normalized spacial score (nSPS) is 22.2. The Labute approximate surface area is 226 Å². The Morgan fingerprint density at radius 3 is 2.87 bits per heavy atom. The van der Waals surface area contributed by atoms with Crippen LogP contribution in [0.25, 0.3) is 22.3 Å². The third-order valence-corrected chi connectivity index (χ3v) is 8.84. The van der Waals surface area contributed by atoms with Gasteiger partial charge in [0.25, 0.3) is 0 Å². The predicted octanol–water partition coefficient (Wildman–Crippen LogP) is 3.72. The van der Waals surface area contributed by atoms with Gasteiger partial charge in [0.15, 0.2) is 5.82 Å². The molecule has 1 atom stereocenters. The quantitative estimate of drug-likeness (QED) is 0.421. The minimum absolute atomic E-state index is 0.157. The number of pyridine rings is 1. The van der Waals surface area contributed by atoms with Crippen LogP contribution in [0.4, 0.5) is 16.2 Å². The molecule has 200 valence electrons. The Morgan fingerprint density at radius 1 is 1.05 bits per heavy atom. The molecule has 4 aromatic rings. The summed E-state index contributed by atoms with van der Waals surface area (Å²) in [7, 11) is 0. The first-order valence-electron chi connectivity index (χ1n) is 13.9. The van der Waals surface area contributed by atoms with Crippen LogP contribution in [0.5, 0.6) is 0 Å². The fraction of sp³-hybridized carbons (Fsp3) is 0.448. The number of ether oxygens (including phenoxy) is 1. The number of fused-ring (bicyclic) bond motifs is 5. The van der Waals surface area contributed by atoms with Crippen LogP contribution >= 0.6 is 0 Å². The first-order valence-corrected chi connectivity index (χ1v) is 13.9.